The topological polar surface area (TPSA) is 59.4 Å². The molecule has 0 atom stereocenters. The Morgan fingerprint density at radius 2 is 1.78 bits per heavy atom. The van der Waals surface area contributed by atoms with Gasteiger partial charge in [-0.3, -0.25) is 14.6 Å². The van der Waals surface area contributed by atoms with Crippen LogP contribution in [0.2, 0.25) is 0 Å². The van der Waals surface area contributed by atoms with Gasteiger partial charge in [0.1, 0.15) is 6.54 Å². The fourth-order valence-corrected chi connectivity index (χ4v) is 1.66. The number of hydrogen-bond donors (Lipinski definition) is 1. The highest BCUT2D eigenvalue weighted by atomic mass is 19.4. The molecule has 1 amide bonds. The fraction of sp³-hybridized carbons (Fsp3) is 0.800. The Bertz CT molecular complexity index is 318. The van der Waals surface area contributed by atoms with E-state index in [1.807, 2.05) is 16.3 Å². The van der Waals surface area contributed by atoms with Crippen molar-refractivity contribution in [2.24, 2.45) is 0 Å². The Labute approximate surface area is 103 Å². The van der Waals surface area contributed by atoms with Gasteiger partial charge < -0.3 is 5.32 Å². The zero-order valence-electron chi connectivity index (χ0n) is 9.83. The molecule has 0 radical (unpaired) electrons. The van der Waals surface area contributed by atoms with Crippen molar-refractivity contribution in [1.29, 1.82) is 5.26 Å². The summed E-state index contributed by atoms with van der Waals surface area (Å²) in [6.07, 6.45) is -4.37. The molecule has 1 saturated heterocycles. The van der Waals surface area contributed by atoms with Crippen LogP contribution < -0.4 is 5.32 Å². The second-order valence-corrected chi connectivity index (χ2v) is 4.10. The summed E-state index contributed by atoms with van der Waals surface area (Å²) in [5.41, 5.74) is 0. The van der Waals surface area contributed by atoms with Gasteiger partial charge in [0.05, 0.1) is 19.2 Å². The van der Waals surface area contributed by atoms with E-state index in [0.29, 0.717) is 32.7 Å². The molecule has 1 fully saturated rings. The first-order chi connectivity index (χ1) is 8.40. The molecule has 102 valence electrons. The van der Waals surface area contributed by atoms with Gasteiger partial charge >= 0.3 is 6.18 Å². The van der Waals surface area contributed by atoms with Gasteiger partial charge in [-0.15, -0.1) is 0 Å². The van der Waals surface area contributed by atoms with Crippen LogP contribution in [-0.4, -0.2) is 67.7 Å². The van der Waals surface area contributed by atoms with Gasteiger partial charge in [0.25, 0.3) is 0 Å². The third-order valence-electron chi connectivity index (χ3n) is 2.61. The van der Waals surface area contributed by atoms with Crippen LogP contribution in [0.15, 0.2) is 0 Å². The second kappa shape index (κ2) is 6.56. The SMILES string of the molecule is N#CCN1CCN(CC(=O)NCC(F)(F)F)CC1. The third-order valence-corrected chi connectivity index (χ3v) is 2.61. The summed E-state index contributed by atoms with van der Waals surface area (Å²) in [5.74, 6) is -0.624. The van der Waals surface area contributed by atoms with E-state index in [0.717, 1.165) is 0 Å². The first-order valence-corrected chi connectivity index (χ1v) is 5.56. The lowest BCUT2D eigenvalue weighted by Crippen LogP contribution is -2.50. The van der Waals surface area contributed by atoms with Gasteiger partial charge in [0.2, 0.25) is 5.91 Å². The lowest BCUT2D eigenvalue weighted by molar-refractivity contribution is -0.139. The van der Waals surface area contributed by atoms with E-state index in [9.17, 15) is 18.0 Å². The Morgan fingerprint density at radius 3 is 2.28 bits per heavy atom. The normalized spacial score (nSPS) is 18.3. The highest BCUT2D eigenvalue weighted by Crippen LogP contribution is 2.12. The predicted octanol–water partition coefficient (Wildman–Crippen LogP) is -0.194. The molecule has 5 nitrogen and oxygen atoms in total. The molecular formula is C10H15F3N4O. The van der Waals surface area contributed by atoms with Crippen molar-refractivity contribution in [3.8, 4) is 6.07 Å². The molecule has 0 aliphatic carbocycles. The molecule has 8 heteroatoms. The Kier molecular flexibility index (Phi) is 5.37. The van der Waals surface area contributed by atoms with Crippen molar-refractivity contribution in [3.05, 3.63) is 0 Å². The summed E-state index contributed by atoms with van der Waals surface area (Å²) in [5, 5.41) is 10.3. The van der Waals surface area contributed by atoms with Gasteiger partial charge in [-0.05, 0) is 0 Å². The molecule has 0 aromatic carbocycles. The quantitative estimate of drug-likeness (QED) is 0.715. The minimum absolute atomic E-state index is 0.0313. The van der Waals surface area contributed by atoms with Gasteiger partial charge in [-0.2, -0.15) is 18.4 Å². The van der Waals surface area contributed by atoms with Crippen molar-refractivity contribution >= 4 is 5.91 Å². The molecule has 0 spiro atoms. The zero-order valence-corrected chi connectivity index (χ0v) is 9.83. The maximum atomic E-state index is 11.9. The lowest BCUT2D eigenvalue weighted by Gasteiger charge is -2.32. The maximum absolute atomic E-state index is 11.9. The van der Waals surface area contributed by atoms with Crippen LogP contribution in [0.1, 0.15) is 0 Å². The average molecular weight is 264 g/mol. The summed E-state index contributed by atoms with van der Waals surface area (Å²) in [6.45, 7) is 1.49. The summed E-state index contributed by atoms with van der Waals surface area (Å²) in [7, 11) is 0. The summed E-state index contributed by atoms with van der Waals surface area (Å²) < 4.78 is 35.6. The number of halogens is 3. The zero-order chi connectivity index (χ0) is 13.6. The number of alkyl halides is 3. The molecule has 1 rings (SSSR count). The van der Waals surface area contributed by atoms with Crippen LogP contribution in [0.4, 0.5) is 13.2 Å². The summed E-state index contributed by atoms with van der Waals surface area (Å²) >= 11 is 0. The first kappa shape index (κ1) is 14.7. The number of carbonyl (C=O) groups excluding carboxylic acids is 1. The van der Waals surface area contributed by atoms with E-state index in [1.54, 1.807) is 4.90 Å². The Balaban J connectivity index is 2.21. The Hall–Kier alpha value is -1.33. The monoisotopic (exact) mass is 264 g/mol. The van der Waals surface area contributed by atoms with E-state index < -0.39 is 18.6 Å². The largest absolute Gasteiger partial charge is 0.405 e. The Morgan fingerprint density at radius 1 is 1.22 bits per heavy atom. The van der Waals surface area contributed by atoms with Gasteiger partial charge in [0, 0.05) is 26.2 Å². The van der Waals surface area contributed by atoms with E-state index >= 15 is 0 Å². The first-order valence-electron chi connectivity index (χ1n) is 5.56. The average Bonchev–Trinajstić information content (AvgIpc) is 2.29. The molecule has 0 saturated carbocycles. The number of nitrogens with zero attached hydrogens (tertiary/aromatic N) is 3. The molecule has 18 heavy (non-hydrogen) atoms. The van der Waals surface area contributed by atoms with E-state index in [2.05, 4.69) is 0 Å². The van der Waals surface area contributed by atoms with Crippen molar-refractivity contribution in [2.45, 2.75) is 6.18 Å². The van der Waals surface area contributed by atoms with E-state index in [4.69, 9.17) is 5.26 Å². The highest BCUT2D eigenvalue weighted by Gasteiger charge is 2.28. The number of carbonyl (C=O) groups is 1. The van der Waals surface area contributed by atoms with E-state index in [1.165, 1.54) is 0 Å². The highest BCUT2D eigenvalue weighted by molar-refractivity contribution is 5.78. The van der Waals surface area contributed by atoms with Crippen molar-refractivity contribution < 1.29 is 18.0 Å². The standard InChI is InChI=1S/C10H15F3N4O/c11-10(12,13)8-15-9(18)7-17-5-3-16(2-1-14)4-6-17/h2-8H2,(H,15,18). The van der Waals surface area contributed by atoms with Crippen LogP contribution in [0.25, 0.3) is 0 Å². The van der Waals surface area contributed by atoms with Gasteiger partial charge in [0.15, 0.2) is 0 Å². The van der Waals surface area contributed by atoms with Crippen LogP contribution in [0.3, 0.4) is 0 Å². The summed E-state index contributed by atoms with van der Waals surface area (Å²) in [4.78, 5) is 15.0. The van der Waals surface area contributed by atoms with E-state index in [-0.39, 0.29) is 6.54 Å². The number of piperazine rings is 1. The number of hydrogen-bond acceptors (Lipinski definition) is 4. The van der Waals surface area contributed by atoms with Crippen LogP contribution >= 0.6 is 0 Å². The molecule has 1 aliphatic rings. The molecular weight excluding hydrogens is 249 g/mol. The third kappa shape index (κ3) is 5.84. The molecule has 1 heterocycles. The minimum atomic E-state index is -4.37. The van der Waals surface area contributed by atoms with Gasteiger partial charge in [-0.25, -0.2) is 0 Å². The van der Waals surface area contributed by atoms with Crippen molar-refractivity contribution in [1.82, 2.24) is 15.1 Å². The van der Waals surface area contributed by atoms with Crippen molar-refractivity contribution in [3.63, 3.8) is 0 Å². The van der Waals surface area contributed by atoms with Crippen LogP contribution in [0.5, 0.6) is 0 Å². The minimum Gasteiger partial charge on any atom is -0.346 e. The maximum Gasteiger partial charge on any atom is 0.405 e. The molecule has 0 unspecified atom stereocenters. The smallest absolute Gasteiger partial charge is 0.346 e. The van der Waals surface area contributed by atoms with Crippen LogP contribution in [0, 0.1) is 11.3 Å². The second-order valence-electron chi connectivity index (χ2n) is 4.10. The lowest BCUT2D eigenvalue weighted by atomic mass is 10.3. The number of nitrogens with one attached hydrogen (secondary N) is 1. The number of nitriles is 1. The number of amides is 1. The summed E-state index contributed by atoms with van der Waals surface area (Å²) in [6, 6.07) is 2.03. The molecule has 0 aromatic rings. The predicted molar refractivity (Wildman–Crippen MR) is 57.6 cm³/mol. The molecule has 1 N–H and O–H groups in total. The molecule has 1 aliphatic heterocycles. The number of rotatable bonds is 4. The van der Waals surface area contributed by atoms with Gasteiger partial charge in [-0.1, -0.05) is 0 Å². The van der Waals surface area contributed by atoms with Crippen molar-refractivity contribution in [2.75, 3.05) is 45.8 Å². The molecule has 0 bridgehead atoms. The molecule has 0 aromatic heterocycles. The van der Waals surface area contributed by atoms with Crippen LogP contribution in [-0.2, 0) is 4.79 Å². The fourth-order valence-electron chi connectivity index (χ4n) is 1.66.